The van der Waals surface area contributed by atoms with Crippen LogP contribution < -0.4 is 4.90 Å². The maximum Gasteiger partial charge on any atom is 0.449 e. The molecule has 3 rings (SSSR count). The average Bonchev–Trinajstić information content (AvgIpc) is 2.91. The van der Waals surface area contributed by atoms with E-state index < -0.39 is 41.9 Å². The van der Waals surface area contributed by atoms with Crippen LogP contribution in [0.1, 0.15) is 48.8 Å². The average molecular weight is 513 g/mol. The molecule has 0 radical (unpaired) electrons. The third-order valence-corrected chi connectivity index (χ3v) is 6.48. The number of ether oxygens (including phenoxy) is 1. The third-order valence-electron chi connectivity index (χ3n) is 5.04. The van der Waals surface area contributed by atoms with Crippen LogP contribution in [0.15, 0.2) is 29.3 Å². The molecule has 0 unspecified atom stereocenters. The molecule has 34 heavy (non-hydrogen) atoms. The van der Waals surface area contributed by atoms with Crippen molar-refractivity contribution in [2.45, 2.75) is 58.9 Å². The number of amidine groups is 2. The highest BCUT2D eigenvalue weighted by atomic mass is 35.5. The van der Waals surface area contributed by atoms with Gasteiger partial charge in [-0.1, -0.05) is 23.7 Å². The van der Waals surface area contributed by atoms with E-state index in [1.165, 1.54) is 0 Å². The quantitative estimate of drug-likeness (QED) is 0.287. The first-order valence-electron chi connectivity index (χ1n) is 10.3. The molecule has 0 bridgehead atoms. The predicted octanol–water partition coefficient (Wildman–Crippen LogP) is 6.29. The van der Waals surface area contributed by atoms with Crippen LogP contribution >= 0.6 is 22.9 Å². The summed E-state index contributed by atoms with van der Waals surface area (Å²) in [5.41, 5.74) is 1.13. The zero-order chi connectivity index (χ0) is 25.6. The Morgan fingerprint density at radius 3 is 2.32 bits per heavy atom. The highest BCUT2D eigenvalue weighted by Gasteiger charge is 2.45. The van der Waals surface area contributed by atoms with Crippen LogP contribution in [0.4, 0.5) is 18.2 Å². The molecule has 0 saturated heterocycles. The molecule has 2 aromatic rings. The lowest BCUT2D eigenvalue weighted by atomic mass is 9.99. The second kappa shape index (κ2) is 9.14. The Labute approximate surface area is 204 Å². The molecular formula is C23H24ClF3N4O2S. The molecule has 6 nitrogen and oxygen atoms in total. The van der Waals surface area contributed by atoms with E-state index in [1.54, 1.807) is 58.9 Å². The number of aliphatic imine (C=N–C) groups is 1. The zero-order valence-corrected chi connectivity index (χ0v) is 20.8. The number of carbonyl (C=O) groups excluding carboxylic acids is 1. The zero-order valence-electron chi connectivity index (χ0n) is 19.2. The molecule has 0 aliphatic carbocycles. The van der Waals surface area contributed by atoms with E-state index in [2.05, 4.69) is 4.99 Å². The molecule has 0 spiro atoms. The number of aryl methyl sites for hydroxylation is 1. The minimum Gasteiger partial charge on any atom is -0.460 e. The van der Waals surface area contributed by atoms with Gasteiger partial charge in [-0.2, -0.15) is 13.2 Å². The number of thiophene rings is 1. The maximum atomic E-state index is 13.7. The van der Waals surface area contributed by atoms with Crippen LogP contribution in [0.2, 0.25) is 5.02 Å². The van der Waals surface area contributed by atoms with Gasteiger partial charge in [-0.3, -0.25) is 25.5 Å². The van der Waals surface area contributed by atoms with Gasteiger partial charge in [-0.25, -0.2) is 0 Å². The molecule has 2 heterocycles. The van der Waals surface area contributed by atoms with E-state index in [9.17, 15) is 18.0 Å². The number of alkyl halides is 3. The standard InChI is InChI=1S/C23H24ClF3N4O2S/c1-11-12(2)34-20-17(11)18(13-6-8-14(24)9-7-13)30-15(10-16(32)33-22(3,4)5)19(28)31(20)21(29)23(25,26)27/h6-9,15,28-29H,10H2,1-5H3/t15-/m0/s1. The molecule has 0 saturated carbocycles. The summed E-state index contributed by atoms with van der Waals surface area (Å²) < 4.78 is 46.5. The van der Waals surface area contributed by atoms with Gasteiger partial charge in [-0.05, 0) is 52.3 Å². The number of nitrogens with zero attached hydrogens (tertiary/aromatic N) is 2. The number of anilines is 1. The van der Waals surface area contributed by atoms with Gasteiger partial charge in [0, 0.05) is 21.0 Å². The van der Waals surface area contributed by atoms with Gasteiger partial charge in [0.25, 0.3) is 0 Å². The molecule has 1 aliphatic heterocycles. The number of nitrogens with one attached hydrogen (secondary N) is 2. The Morgan fingerprint density at radius 1 is 1.21 bits per heavy atom. The largest absolute Gasteiger partial charge is 0.460 e. The summed E-state index contributed by atoms with van der Waals surface area (Å²) >= 11 is 7.06. The molecule has 2 N–H and O–H groups in total. The highest BCUT2D eigenvalue weighted by molar-refractivity contribution is 7.17. The maximum absolute atomic E-state index is 13.7. The summed E-state index contributed by atoms with van der Waals surface area (Å²) in [4.78, 5) is 18.5. The van der Waals surface area contributed by atoms with Crippen molar-refractivity contribution in [3.63, 3.8) is 0 Å². The number of esters is 1. The van der Waals surface area contributed by atoms with E-state index in [0.29, 0.717) is 32.3 Å². The first-order chi connectivity index (χ1) is 15.6. The first-order valence-corrected chi connectivity index (χ1v) is 11.5. The number of halogens is 4. The lowest BCUT2D eigenvalue weighted by Gasteiger charge is -2.27. The van der Waals surface area contributed by atoms with E-state index in [-0.39, 0.29) is 5.00 Å². The van der Waals surface area contributed by atoms with Crippen molar-refractivity contribution in [2.24, 2.45) is 4.99 Å². The normalized spacial score (nSPS) is 16.6. The van der Waals surface area contributed by atoms with E-state index in [0.717, 1.165) is 16.2 Å². The Bertz CT molecular complexity index is 1180. The van der Waals surface area contributed by atoms with Crippen LogP contribution in [0.5, 0.6) is 0 Å². The Kier molecular flexibility index (Phi) is 6.96. The molecule has 0 fully saturated rings. The van der Waals surface area contributed by atoms with Crippen molar-refractivity contribution in [3.05, 3.63) is 50.9 Å². The monoisotopic (exact) mass is 512 g/mol. The number of fused-ring (bicyclic) bond motifs is 1. The summed E-state index contributed by atoms with van der Waals surface area (Å²) in [7, 11) is 0. The van der Waals surface area contributed by atoms with Crippen molar-refractivity contribution < 1.29 is 22.7 Å². The highest BCUT2D eigenvalue weighted by Crippen LogP contribution is 2.41. The molecule has 1 aliphatic rings. The van der Waals surface area contributed by atoms with Crippen molar-refractivity contribution in [3.8, 4) is 0 Å². The Balaban J connectivity index is 2.25. The van der Waals surface area contributed by atoms with Crippen molar-refractivity contribution in [2.75, 3.05) is 4.90 Å². The van der Waals surface area contributed by atoms with Crippen LogP contribution in [-0.4, -0.2) is 41.2 Å². The minimum absolute atomic E-state index is 0.0581. The summed E-state index contributed by atoms with van der Waals surface area (Å²) in [5, 5.41) is 17.0. The van der Waals surface area contributed by atoms with E-state index >= 15 is 0 Å². The molecule has 1 aromatic heterocycles. The predicted molar refractivity (Wildman–Crippen MR) is 129 cm³/mol. The van der Waals surface area contributed by atoms with Gasteiger partial charge < -0.3 is 4.74 Å². The van der Waals surface area contributed by atoms with E-state index in [4.69, 9.17) is 27.2 Å². The fourth-order valence-corrected chi connectivity index (χ4v) is 4.75. The van der Waals surface area contributed by atoms with Crippen LogP contribution in [-0.2, 0) is 9.53 Å². The van der Waals surface area contributed by atoms with Gasteiger partial charge in [0.05, 0.1) is 12.1 Å². The van der Waals surface area contributed by atoms with E-state index in [1.807, 2.05) is 0 Å². The summed E-state index contributed by atoms with van der Waals surface area (Å²) in [6.07, 6.45) is -5.47. The summed E-state index contributed by atoms with van der Waals surface area (Å²) in [6, 6.07) is 5.30. The van der Waals surface area contributed by atoms with Gasteiger partial charge in [0.2, 0.25) is 5.84 Å². The number of benzene rings is 1. The van der Waals surface area contributed by atoms with Crippen LogP contribution in [0.25, 0.3) is 0 Å². The van der Waals surface area contributed by atoms with Crippen LogP contribution in [0, 0.1) is 24.7 Å². The number of rotatable bonds is 3. The fraction of sp³-hybridized carbons (Fsp3) is 0.391. The van der Waals surface area contributed by atoms with Gasteiger partial charge in [-0.15, -0.1) is 11.3 Å². The lowest BCUT2D eigenvalue weighted by molar-refractivity contribution is -0.154. The summed E-state index contributed by atoms with van der Waals surface area (Å²) in [5.74, 6) is -3.06. The Hall–Kier alpha value is -2.72. The number of hydrogen-bond acceptors (Lipinski definition) is 6. The van der Waals surface area contributed by atoms with Crippen molar-refractivity contribution in [1.29, 1.82) is 10.8 Å². The Morgan fingerprint density at radius 2 is 1.79 bits per heavy atom. The van der Waals surface area contributed by atoms with Gasteiger partial charge in [0.1, 0.15) is 22.5 Å². The minimum atomic E-state index is -5.02. The second-order valence-electron chi connectivity index (χ2n) is 8.82. The molecular weight excluding hydrogens is 489 g/mol. The van der Waals surface area contributed by atoms with Crippen molar-refractivity contribution in [1.82, 2.24) is 0 Å². The summed E-state index contributed by atoms with van der Waals surface area (Å²) in [6.45, 7) is 8.51. The van der Waals surface area contributed by atoms with Gasteiger partial charge in [0.15, 0.2) is 0 Å². The molecule has 1 aromatic carbocycles. The third kappa shape index (κ3) is 5.33. The van der Waals surface area contributed by atoms with Crippen molar-refractivity contribution >= 4 is 51.3 Å². The number of carbonyl (C=O) groups is 1. The van der Waals surface area contributed by atoms with Gasteiger partial charge >= 0.3 is 12.1 Å². The molecule has 1 atom stereocenters. The van der Waals surface area contributed by atoms with Crippen LogP contribution in [0.3, 0.4) is 0 Å². The molecule has 182 valence electrons. The first kappa shape index (κ1) is 25.9. The second-order valence-corrected chi connectivity index (χ2v) is 10.5. The lowest BCUT2D eigenvalue weighted by Crippen LogP contribution is -2.48. The SMILES string of the molecule is Cc1sc2c(c1C)C(c1ccc(Cl)cc1)=N[C@@H](CC(=O)OC(C)(C)C)C(=N)N2C(=N)C(F)(F)F. The molecule has 11 heteroatoms. The topological polar surface area (TPSA) is 89.6 Å². The fourth-order valence-electron chi connectivity index (χ4n) is 3.44. The number of hydrogen-bond donors (Lipinski definition) is 2. The molecule has 0 amide bonds. The smallest absolute Gasteiger partial charge is 0.449 e.